The molecule has 53 heavy (non-hydrogen) atoms. The molecule has 0 fully saturated rings. The van der Waals surface area contributed by atoms with Crippen LogP contribution >= 0.6 is 0 Å². The third-order valence-corrected chi connectivity index (χ3v) is 11.4. The number of fused-ring (bicyclic) bond motifs is 8. The average molecular weight is 703 g/mol. The van der Waals surface area contributed by atoms with Crippen LogP contribution in [0.1, 0.15) is 54.2 Å². The summed E-state index contributed by atoms with van der Waals surface area (Å²) in [7, 11) is 0. The third kappa shape index (κ3) is 4.60. The number of hydrogen-bond acceptors (Lipinski definition) is 7. The number of nitrogens with zero attached hydrogens (tertiary/aromatic N) is 2. The first-order valence-electron chi connectivity index (χ1n) is 18.7. The van der Waals surface area contributed by atoms with Gasteiger partial charge in [0, 0.05) is 39.5 Å². The highest BCUT2D eigenvalue weighted by Crippen LogP contribution is 2.52. The van der Waals surface area contributed by atoms with Gasteiger partial charge in [-0.25, -0.2) is 0 Å². The van der Waals surface area contributed by atoms with E-state index in [2.05, 4.69) is 132 Å². The lowest BCUT2D eigenvalue weighted by Crippen LogP contribution is -2.61. The Labute approximate surface area is 311 Å². The topological polar surface area (TPSA) is 56.5 Å². The van der Waals surface area contributed by atoms with Crippen LogP contribution in [0.15, 0.2) is 71.1 Å². The number of hydrogen-bond donors (Lipinski definition) is 0. The quantitative estimate of drug-likeness (QED) is 0.167. The van der Waals surface area contributed by atoms with Crippen LogP contribution in [0.4, 0.5) is 34.3 Å². The van der Waals surface area contributed by atoms with Crippen LogP contribution in [0, 0.1) is 34.6 Å². The lowest BCUT2D eigenvalue weighted by molar-refractivity contribution is 0.170. The summed E-state index contributed by atoms with van der Waals surface area (Å²) in [6.07, 6.45) is 0. The number of aryl methyl sites for hydroxylation is 4. The van der Waals surface area contributed by atoms with Crippen molar-refractivity contribution in [2.75, 3.05) is 36.2 Å². The lowest BCUT2D eigenvalue weighted by atomic mass is 9.33. The fourth-order valence-electron chi connectivity index (χ4n) is 9.19. The molecule has 0 saturated carbocycles. The van der Waals surface area contributed by atoms with E-state index in [1.54, 1.807) is 0 Å². The fourth-order valence-corrected chi connectivity index (χ4v) is 9.19. The molecule has 7 nitrogen and oxygen atoms in total. The van der Waals surface area contributed by atoms with Gasteiger partial charge in [0.25, 0.3) is 6.71 Å². The average Bonchev–Trinajstić information content (AvgIpc) is 3.51. The summed E-state index contributed by atoms with van der Waals surface area (Å²) >= 11 is 0. The summed E-state index contributed by atoms with van der Waals surface area (Å²) in [5.41, 5.74) is 17.0. The van der Waals surface area contributed by atoms with E-state index in [1.807, 2.05) is 0 Å². The first-order valence-corrected chi connectivity index (χ1v) is 18.7. The summed E-state index contributed by atoms with van der Waals surface area (Å²) in [4.78, 5) is 4.84. The Kier molecular flexibility index (Phi) is 6.83. The lowest BCUT2D eigenvalue weighted by Gasteiger charge is -2.44. The minimum absolute atomic E-state index is 0.0181. The summed E-state index contributed by atoms with van der Waals surface area (Å²) in [6.45, 7) is 19.8. The second kappa shape index (κ2) is 11.3. The van der Waals surface area contributed by atoms with E-state index < -0.39 is 0 Å². The minimum Gasteiger partial charge on any atom is -0.486 e. The van der Waals surface area contributed by atoms with Gasteiger partial charge in [0.2, 0.25) is 5.88 Å². The van der Waals surface area contributed by atoms with Crippen molar-refractivity contribution in [3.05, 3.63) is 100 Å². The molecule has 266 valence electrons. The van der Waals surface area contributed by atoms with Crippen molar-refractivity contribution in [3.63, 3.8) is 0 Å². The molecule has 0 aliphatic carbocycles. The van der Waals surface area contributed by atoms with Crippen molar-refractivity contribution in [1.29, 1.82) is 0 Å². The van der Waals surface area contributed by atoms with Crippen molar-refractivity contribution in [2.24, 2.45) is 0 Å². The van der Waals surface area contributed by atoms with E-state index in [-0.39, 0.29) is 12.1 Å². The van der Waals surface area contributed by atoms with Crippen molar-refractivity contribution in [1.82, 2.24) is 0 Å². The zero-order valence-corrected chi connectivity index (χ0v) is 31.7. The maximum absolute atomic E-state index is 7.01. The second-order valence-electron chi connectivity index (χ2n) is 16.1. The molecule has 0 atom stereocenters. The Morgan fingerprint density at radius 3 is 1.94 bits per heavy atom. The highest BCUT2D eigenvalue weighted by Gasteiger charge is 2.48. The van der Waals surface area contributed by atoms with Crippen LogP contribution in [-0.2, 0) is 5.41 Å². The first kappa shape index (κ1) is 32.2. The molecule has 0 bridgehead atoms. The molecular formula is C45H43BN2O5. The predicted octanol–water partition coefficient (Wildman–Crippen LogP) is 8.90. The highest BCUT2D eigenvalue weighted by atomic mass is 16.6. The molecule has 6 aromatic rings. The summed E-state index contributed by atoms with van der Waals surface area (Å²) in [5, 5.41) is 1.10. The van der Waals surface area contributed by atoms with E-state index in [0.29, 0.717) is 26.4 Å². The van der Waals surface area contributed by atoms with Crippen LogP contribution in [-0.4, -0.2) is 33.1 Å². The molecule has 4 aliphatic heterocycles. The van der Waals surface area contributed by atoms with Crippen molar-refractivity contribution < 1.29 is 23.4 Å². The maximum atomic E-state index is 7.01. The van der Waals surface area contributed by atoms with Crippen LogP contribution in [0.3, 0.4) is 0 Å². The number of benzene rings is 5. The number of para-hydroxylation sites is 1. The van der Waals surface area contributed by atoms with Crippen LogP contribution < -0.4 is 45.1 Å². The molecular weight excluding hydrogens is 659 g/mol. The monoisotopic (exact) mass is 702 g/mol. The molecule has 5 aromatic carbocycles. The molecule has 5 heterocycles. The largest absolute Gasteiger partial charge is 0.486 e. The molecule has 0 saturated heterocycles. The molecule has 0 amide bonds. The smallest absolute Gasteiger partial charge is 0.257 e. The molecule has 0 radical (unpaired) electrons. The Morgan fingerprint density at radius 2 is 1.23 bits per heavy atom. The van der Waals surface area contributed by atoms with Crippen molar-refractivity contribution in [2.45, 2.75) is 60.8 Å². The van der Waals surface area contributed by atoms with Gasteiger partial charge in [0.15, 0.2) is 23.0 Å². The number of furan rings is 1. The Morgan fingerprint density at radius 1 is 0.604 bits per heavy atom. The minimum atomic E-state index is -0.134. The summed E-state index contributed by atoms with van der Waals surface area (Å²) < 4.78 is 32.0. The van der Waals surface area contributed by atoms with Crippen LogP contribution in [0.5, 0.6) is 23.0 Å². The Bertz CT molecular complexity index is 2520. The fraction of sp³-hybridized carbons (Fsp3) is 0.289. The van der Waals surface area contributed by atoms with Gasteiger partial charge >= 0.3 is 0 Å². The maximum Gasteiger partial charge on any atom is 0.257 e. The molecule has 8 heteroatoms. The zero-order chi connectivity index (χ0) is 36.5. The molecule has 4 aliphatic rings. The van der Waals surface area contributed by atoms with Gasteiger partial charge in [-0.2, -0.15) is 0 Å². The van der Waals surface area contributed by atoms with E-state index >= 15 is 0 Å². The van der Waals surface area contributed by atoms with Crippen molar-refractivity contribution in [3.8, 4) is 23.0 Å². The summed E-state index contributed by atoms with van der Waals surface area (Å²) in [5.74, 6) is 3.95. The van der Waals surface area contributed by atoms with E-state index in [1.165, 1.54) is 27.8 Å². The third-order valence-electron chi connectivity index (χ3n) is 11.4. The van der Waals surface area contributed by atoms with Gasteiger partial charge in [-0.3, -0.25) is 4.90 Å². The highest BCUT2D eigenvalue weighted by molar-refractivity contribution is 7.01. The standard InChI is InChI=1S/C45H43BN2O5/c1-24-17-33-40-34(18-24)48(42-27(4)21-38-43(28(42)5)52-16-15-51-38)44-39(30-11-9-10-12-35(30)53-44)46(40)31-22-36-37(50-14-13-49-36)23-32(31)47(33)41-25(2)19-29(20-26(41)3)45(6,7)8/h9-12,17-23H,13-16H2,1-8H3. The van der Waals surface area contributed by atoms with Gasteiger partial charge in [-0.15, -0.1) is 0 Å². The van der Waals surface area contributed by atoms with Crippen LogP contribution in [0.2, 0.25) is 0 Å². The second-order valence-corrected chi connectivity index (χ2v) is 16.1. The molecule has 0 unspecified atom stereocenters. The number of rotatable bonds is 2. The zero-order valence-electron chi connectivity index (χ0n) is 31.7. The van der Waals surface area contributed by atoms with Gasteiger partial charge in [-0.05, 0) is 109 Å². The molecule has 0 N–H and O–H groups in total. The Balaban J connectivity index is 1.34. The first-order chi connectivity index (χ1) is 25.5. The van der Waals surface area contributed by atoms with E-state index in [0.717, 1.165) is 90.2 Å². The van der Waals surface area contributed by atoms with Gasteiger partial charge in [0.05, 0.1) is 11.4 Å². The van der Waals surface area contributed by atoms with Crippen LogP contribution in [0.25, 0.3) is 11.0 Å². The Hall–Kier alpha value is -5.50. The SMILES string of the molecule is Cc1cc2c3c(c1)N(c1c(C)cc4c(c1C)OCCO4)c1oc4ccccc4c1B3c1cc3c(cc1N2c1c(C)cc(C(C)(C)C)cc1C)OCCO3. The van der Waals surface area contributed by atoms with Gasteiger partial charge in [0.1, 0.15) is 32.0 Å². The van der Waals surface area contributed by atoms with E-state index in [9.17, 15) is 0 Å². The molecule has 10 rings (SSSR count). The van der Waals surface area contributed by atoms with Gasteiger partial charge in [-0.1, -0.05) is 51.1 Å². The molecule has 0 spiro atoms. The van der Waals surface area contributed by atoms with Gasteiger partial charge < -0.3 is 28.3 Å². The number of ether oxygens (including phenoxy) is 4. The predicted molar refractivity (Wildman–Crippen MR) is 215 cm³/mol. The normalized spacial score (nSPS) is 15.4. The van der Waals surface area contributed by atoms with Crippen molar-refractivity contribution >= 4 is 68.4 Å². The number of anilines is 6. The summed E-state index contributed by atoms with van der Waals surface area (Å²) in [6, 6.07) is 24.4. The molecule has 1 aromatic heterocycles. The van der Waals surface area contributed by atoms with E-state index in [4.69, 9.17) is 23.4 Å².